The minimum atomic E-state index is -0.364. The van der Waals surface area contributed by atoms with Crippen LogP contribution in [0.2, 0.25) is 0 Å². The van der Waals surface area contributed by atoms with Gasteiger partial charge in [0.1, 0.15) is 0 Å². The van der Waals surface area contributed by atoms with Gasteiger partial charge in [-0.15, -0.1) is 0 Å². The fraction of sp³-hybridized carbons (Fsp3) is 0.923. The Morgan fingerprint density at radius 3 is 2.65 bits per heavy atom. The third kappa shape index (κ3) is 2.33. The van der Waals surface area contributed by atoms with Crippen molar-refractivity contribution in [3.63, 3.8) is 0 Å². The van der Waals surface area contributed by atoms with Crippen molar-refractivity contribution in [1.29, 1.82) is 0 Å². The summed E-state index contributed by atoms with van der Waals surface area (Å²) in [6, 6.07) is 0.00410. The van der Waals surface area contributed by atoms with Crippen molar-refractivity contribution >= 4 is 5.91 Å². The van der Waals surface area contributed by atoms with Crippen LogP contribution in [0.4, 0.5) is 0 Å². The maximum absolute atomic E-state index is 12.4. The van der Waals surface area contributed by atoms with Gasteiger partial charge in [0, 0.05) is 19.6 Å². The second-order valence-corrected chi connectivity index (χ2v) is 6.09. The molecule has 0 aromatic heterocycles. The lowest BCUT2D eigenvalue weighted by Gasteiger charge is -2.38. The molecule has 2 aliphatic rings. The van der Waals surface area contributed by atoms with Crippen molar-refractivity contribution in [2.45, 2.75) is 51.2 Å². The van der Waals surface area contributed by atoms with Crippen LogP contribution in [0.5, 0.6) is 0 Å². The Hall–Kier alpha value is -0.610. The highest BCUT2D eigenvalue weighted by molar-refractivity contribution is 5.83. The molecule has 2 saturated carbocycles. The van der Waals surface area contributed by atoms with Crippen LogP contribution >= 0.6 is 0 Å². The summed E-state index contributed by atoms with van der Waals surface area (Å²) in [7, 11) is 1.86. The zero-order chi connectivity index (χ0) is 12.6. The Balaban J connectivity index is 1.90. The zero-order valence-electron chi connectivity index (χ0n) is 10.9. The van der Waals surface area contributed by atoms with Gasteiger partial charge >= 0.3 is 0 Å². The molecule has 1 amide bonds. The molecule has 3 N–H and O–H groups in total. The number of nitrogens with two attached hydrogens (primary N) is 1. The Morgan fingerprint density at radius 1 is 1.53 bits per heavy atom. The first-order valence-electron chi connectivity index (χ1n) is 6.62. The fourth-order valence-electron chi connectivity index (χ4n) is 3.21. The number of aliphatic hydroxyl groups excluding tert-OH is 1. The SMILES string of the molecule is CN(CC1CC(O)C1)C(=O)C1(C)CCCC1N. The topological polar surface area (TPSA) is 66.6 Å². The largest absolute Gasteiger partial charge is 0.393 e. The van der Waals surface area contributed by atoms with E-state index in [0.29, 0.717) is 5.92 Å². The van der Waals surface area contributed by atoms with Gasteiger partial charge in [0.05, 0.1) is 11.5 Å². The number of amides is 1. The first-order valence-corrected chi connectivity index (χ1v) is 6.62. The summed E-state index contributed by atoms with van der Waals surface area (Å²) in [5.74, 6) is 0.657. The average molecular weight is 240 g/mol. The number of nitrogens with zero attached hydrogens (tertiary/aromatic N) is 1. The number of aliphatic hydroxyl groups is 1. The predicted molar refractivity (Wildman–Crippen MR) is 66.3 cm³/mol. The van der Waals surface area contributed by atoms with Crippen molar-refractivity contribution < 1.29 is 9.90 Å². The molecule has 4 nitrogen and oxygen atoms in total. The second kappa shape index (κ2) is 4.58. The molecule has 2 unspecified atom stereocenters. The maximum Gasteiger partial charge on any atom is 0.229 e. The first kappa shape index (κ1) is 12.8. The van der Waals surface area contributed by atoms with Gasteiger partial charge in [-0.3, -0.25) is 4.79 Å². The van der Waals surface area contributed by atoms with E-state index in [1.807, 2.05) is 18.9 Å². The summed E-state index contributed by atoms with van der Waals surface area (Å²) >= 11 is 0. The van der Waals surface area contributed by atoms with Gasteiger partial charge in [0.15, 0.2) is 0 Å². The second-order valence-electron chi connectivity index (χ2n) is 6.09. The van der Waals surface area contributed by atoms with Gasteiger partial charge in [-0.2, -0.15) is 0 Å². The molecule has 0 saturated heterocycles. The van der Waals surface area contributed by atoms with Crippen molar-refractivity contribution in [3.8, 4) is 0 Å². The van der Waals surface area contributed by atoms with Crippen LogP contribution < -0.4 is 5.73 Å². The molecule has 2 atom stereocenters. The molecule has 0 spiro atoms. The first-order chi connectivity index (χ1) is 7.93. The monoisotopic (exact) mass is 240 g/mol. The number of rotatable bonds is 3. The predicted octanol–water partition coefficient (Wildman–Crippen LogP) is 0.733. The molecule has 2 fully saturated rings. The standard InChI is InChI=1S/C13H24N2O2/c1-13(5-3-4-11(13)14)12(17)15(2)8-9-6-10(16)7-9/h9-11,16H,3-8,14H2,1-2H3. The van der Waals surface area contributed by atoms with Crippen LogP contribution in [0.1, 0.15) is 39.0 Å². The van der Waals surface area contributed by atoms with Crippen LogP contribution in [0.15, 0.2) is 0 Å². The van der Waals surface area contributed by atoms with E-state index in [0.717, 1.165) is 38.6 Å². The summed E-state index contributed by atoms with van der Waals surface area (Å²) in [6.07, 6.45) is 4.44. The van der Waals surface area contributed by atoms with Gasteiger partial charge in [0.2, 0.25) is 5.91 Å². The van der Waals surface area contributed by atoms with E-state index < -0.39 is 0 Å². The minimum Gasteiger partial charge on any atom is -0.393 e. The molecule has 98 valence electrons. The molecule has 2 rings (SSSR count). The van der Waals surface area contributed by atoms with Gasteiger partial charge in [-0.1, -0.05) is 6.42 Å². The van der Waals surface area contributed by atoms with Gasteiger partial charge in [-0.05, 0) is 38.5 Å². The lowest BCUT2D eigenvalue weighted by atomic mass is 9.80. The van der Waals surface area contributed by atoms with Crippen LogP contribution in [0.25, 0.3) is 0 Å². The molecule has 0 aromatic rings. The third-order valence-corrected chi connectivity index (χ3v) is 4.61. The van der Waals surface area contributed by atoms with Crippen molar-refractivity contribution in [3.05, 3.63) is 0 Å². The fourth-order valence-corrected chi connectivity index (χ4v) is 3.21. The highest BCUT2D eigenvalue weighted by Gasteiger charge is 2.45. The summed E-state index contributed by atoms with van der Waals surface area (Å²) in [6.45, 7) is 2.76. The molecule has 2 aliphatic carbocycles. The third-order valence-electron chi connectivity index (χ3n) is 4.61. The van der Waals surface area contributed by atoms with E-state index in [1.54, 1.807) is 0 Å². The molecule has 0 radical (unpaired) electrons. The molecule has 0 aromatic carbocycles. The van der Waals surface area contributed by atoms with Crippen molar-refractivity contribution in [1.82, 2.24) is 4.90 Å². The summed E-state index contributed by atoms with van der Waals surface area (Å²) in [5.41, 5.74) is 5.70. The number of hydrogen-bond donors (Lipinski definition) is 2. The summed E-state index contributed by atoms with van der Waals surface area (Å²) in [5, 5.41) is 9.25. The maximum atomic E-state index is 12.4. The van der Waals surface area contributed by atoms with Crippen LogP contribution in [-0.2, 0) is 4.79 Å². The molecular formula is C13H24N2O2. The summed E-state index contributed by atoms with van der Waals surface area (Å²) < 4.78 is 0. The molecule has 4 heteroatoms. The minimum absolute atomic E-state index is 0.00410. The molecule has 0 aliphatic heterocycles. The summed E-state index contributed by atoms with van der Waals surface area (Å²) in [4.78, 5) is 14.2. The smallest absolute Gasteiger partial charge is 0.229 e. The van der Waals surface area contributed by atoms with Crippen LogP contribution in [0, 0.1) is 11.3 Å². The lowest BCUT2D eigenvalue weighted by Crippen LogP contribution is -2.50. The van der Waals surface area contributed by atoms with Crippen molar-refractivity contribution in [2.24, 2.45) is 17.1 Å². The Labute approximate surface area is 103 Å². The lowest BCUT2D eigenvalue weighted by molar-refractivity contribution is -0.141. The van der Waals surface area contributed by atoms with Gasteiger partial charge in [-0.25, -0.2) is 0 Å². The quantitative estimate of drug-likeness (QED) is 0.764. The van der Waals surface area contributed by atoms with E-state index >= 15 is 0 Å². The van der Waals surface area contributed by atoms with Gasteiger partial charge < -0.3 is 15.7 Å². The van der Waals surface area contributed by atoms with Crippen molar-refractivity contribution in [2.75, 3.05) is 13.6 Å². The van der Waals surface area contributed by atoms with E-state index in [2.05, 4.69) is 0 Å². The number of carbonyl (C=O) groups excluding carboxylic acids is 1. The highest BCUT2D eigenvalue weighted by Crippen LogP contribution is 2.38. The molecule has 0 heterocycles. The highest BCUT2D eigenvalue weighted by atomic mass is 16.3. The molecule has 0 bridgehead atoms. The van der Waals surface area contributed by atoms with E-state index in [9.17, 15) is 9.90 Å². The van der Waals surface area contributed by atoms with E-state index in [-0.39, 0.29) is 23.5 Å². The van der Waals surface area contributed by atoms with Crippen LogP contribution in [0.3, 0.4) is 0 Å². The van der Waals surface area contributed by atoms with Crippen LogP contribution in [-0.4, -0.2) is 41.7 Å². The number of carbonyl (C=O) groups is 1. The molecular weight excluding hydrogens is 216 g/mol. The average Bonchev–Trinajstić information content (AvgIpc) is 2.57. The molecule has 17 heavy (non-hydrogen) atoms. The van der Waals surface area contributed by atoms with E-state index in [1.165, 1.54) is 0 Å². The Bertz CT molecular complexity index is 302. The Morgan fingerprint density at radius 2 is 2.18 bits per heavy atom. The van der Waals surface area contributed by atoms with Gasteiger partial charge in [0.25, 0.3) is 0 Å². The zero-order valence-corrected chi connectivity index (χ0v) is 10.9. The van der Waals surface area contributed by atoms with E-state index in [4.69, 9.17) is 5.73 Å². The number of hydrogen-bond acceptors (Lipinski definition) is 3. The Kier molecular flexibility index (Phi) is 3.46. The normalized spacial score (nSPS) is 41.1.